The SMILES string of the molecule is COc1ccc([N+](=O)[O-])cc1N1C(=O)[C@@H]2[C@H](C1=O)[C@@H]1C=Cc3ccc(Cl)cc3N1[C@@H]2C(=O)c1ccc(Br)cc1. The molecule has 3 aromatic carbocycles. The lowest BCUT2D eigenvalue weighted by Gasteiger charge is -2.36. The van der Waals surface area contributed by atoms with Crippen LogP contribution < -0.4 is 14.5 Å². The molecule has 0 aliphatic carbocycles. The number of fused-ring (bicyclic) bond motifs is 5. The predicted octanol–water partition coefficient (Wildman–Crippen LogP) is 5.29. The first-order valence-electron chi connectivity index (χ1n) is 12.0. The summed E-state index contributed by atoms with van der Waals surface area (Å²) < 4.78 is 6.14. The Balaban J connectivity index is 1.51. The molecule has 2 fully saturated rings. The fourth-order valence-electron chi connectivity index (χ4n) is 5.82. The Morgan fingerprint density at radius 3 is 2.41 bits per heavy atom. The summed E-state index contributed by atoms with van der Waals surface area (Å²) in [7, 11) is 1.35. The summed E-state index contributed by atoms with van der Waals surface area (Å²) in [6, 6.07) is 14.2. The molecule has 39 heavy (non-hydrogen) atoms. The number of anilines is 2. The molecule has 0 radical (unpaired) electrons. The second-order valence-electron chi connectivity index (χ2n) is 9.45. The molecule has 0 N–H and O–H groups in total. The molecule has 196 valence electrons. The lowest BCUT2D eigenvalue weighted by molar-refractivity contribution is -0.384. The first-order valence-corrected chi connectivity index (χ1v) is 13.1. The molecule has 0 spiro atoms. The highest BCUT2D eigenvalue weighted by molar-refractivity contribution is 9.10. The van der Waals surface area contributed by atoms with Gasteiger partial charge < -0.3 is 9.64 Å². The summed E-state index contributed by atoms with van der Waals surface area (Å²) in [6.45, 7) is 0. The fraction of sp³-hybridized carbons (Fsp3) is 0.179. The number of methoxy groups -OCH3 is 1. The topological polar surface area (TPSA) is 110 Å². The van der Waals surface area contributed by atoms with Crippen molar-refractivity contribution in [1.82, 2.24) is 0 Å². The molecule has 3 aliphatic heterocycles. The molecule has 3 heterocycles. The molecule has 2 saturated heterocycles. The number of hydrogen-bond donors (Lipinski definition) is 0. The van der Waals surface area contributed by atoms with E-state index in [-0.39, 0.29) is 22.9 Å². The first kappa shape index (κ1) is 25.3. The van der Waals surface area contributed by atoms with Crippen LogP contribution in [0.5, 0.6) is 5.75 Å². The number of carbonyl (C=O) groups excluding carboxylic acids is 3. The number of ether oxygens (including phenoxy) is 1. The highest BCUT2D eigenvalue weighted by Gasteiger charge is 2.64. The van der Waals surface area contributed by atoms with Gasteiger partial charge in [-0.15, -0.1) is 0 Å². The molecule has 9 nitrogen and oxygen atoms in total. The van der Waals surface area contributed by atoms with Crippen LogP contribution in [0.15, 0.2) is 71.2 Å². The Kier molecular flexibility index (Phi) is 6.04. The maximum absolute atomic E-state index is 14.1. The van der Waals surface area contributed by atoms with E-state index < -0.39 is 40.7 Å². The number of benzene rings is 3. The average molecular weight is 609 g/mol. The number of nitro benzene ring substituents is 1. The van der Waals surface area contributed by atoms with Crippen molar-refractivity contribution in [2.45, 2.75) is 12.1 Å². The summed E-state index contributed by atoms with van der Waals surface area (Å²) in [6.07, 6.45) is 3.67. The van der Waals surface area contributed by atoms with Crippen molar-refractivity contribution in [3.8, 4) is 5.75 Å². The highest BCUT2D eigenvalue weighted by atomic mass is 79.9. The maximum Gasteiger partial charge on any atom is 0.271 e. The summed E-state index contributed by atoms with van der Waals surface area (Å²) in [5, 5.41) is 11.9. The van der Waals surface area contributed by atoms with Crippen LogP contribution in [0.2, 0.25) is 5.02 Å². The smallest absolute Gasteiger partial charge is 0.271 e. The molecule has 0 aromatic heterocycles. The number of carbonyl (C=O) groups is 3. The first-order chi connectivity index (χ1) is 18.7. The van der Waals surface area contributed by atoms with E-state index in [4.69, 9.17) is 16.3 Å². The van der Waals surface area contributed by atoms with Gasteiger partial charge in [0.2, 0.25) is 11.8 Å². The van der Waals surface area contributed by atoms with Crippen LogP contribution in [-0.4, -0.2) is 41.7 Å². The van der Waals surface area contributed by atoms with E-state index in [1.165, 1.54) is 19.2 Å². The van der Waals surface area contributed by atoms with Gasteiger partial charge in [0.1, 0.15) is 17.5 Å². The molecule has 2 amide bonds. The quantitative estimate of drug-likeness (QED) is 0.168. The van der Waals surface area contributed by atoms with Crippen molar-refractivity contribution in [2.24, 2.45) is 11.8 Å². The van der Waals surface area contributed by atoms with E-state index in [9.17, 15) is 24.5 Å². The molecule has 4 atom stereocenters. The third-order valence-electron chi connectivity index (χ3n) is 7.48. The third kappa shape index (κ3) is 3.85. The molecular formula is C28H19BrClN3O6. The second-order valence-corrected chi connectivity index (χ2v) is 10.8. The van der Waals surface area contributed by atoms with Gasteiger partial charge in [0, 0.05) is 32.9 Å². The normalized spacial score (nSPS) is 22.9. The maximum atomic E-state index is 14.1. The number of non-ortho nitro benzene ring substituents is 1. The zero-order chi connectivity index (χ0) is 27.6. The van der Waals surface area contributed by atoms with Crippen molar-refractivity contribution in [1.29, 1.82) is 0 Å². The third-order valence-corrected chi connectivity index (χ3v) is 8.25. The van der Waals surface area contributed by atoms with E-state index in [1.54, 1.807) is 36.4 Å². The molecular weight excluding hydrogens is 590 g/mol. The predicted molar refractivity (Wildman–Crippen MR) is 148 cm³/mol. The van der Waals surface area contributed by atoms with Crippen LogP contribution in [0.1, 0.15) is 15.9 Å². The van der Waals surface area contributed by atoms with Gasteiger partial charge in [-0.1, -0.05) is 57.9 Å². The van der Waals surface area contributed by atoms with Crippen LogP contribution in [-0.2, 0) is 9.59 Å². The average Bonchev–Trinajstić information content (AvgIpc) is 3.40. The molecule has 3 aromatic rings. The minimum absolute atomic E-state index is 0.0271. The summed E-state index contributed by atoms with van der Waals surface area (Å²) in [5.74, 6) is -3.32. The summed E-state index contributed by atoms with van der Waals surface area (Å²) in [4.78, 5) is 55.8. The Bertz CT molecular complexity index is 1610. The Morgan fingerprint density at radius 2 is 1.72 bits per heavy atom. The lowest BCUT2D eigenvalue weighted by atomic mass is 9.86. The number of nitro groups is 1. The van der Waals surface area contributed by atoms with Gasteiger partial charge in [-0.25, -0.2) is 4.90 Å². The monoisotopic (exact) mass is 607 g/mol. The van der Waals surface area contributed by atoms with Crippen LogP contribution in [0, 0.1) is 22.0 Å². The van der Waals surface area contributed by atoms with Gasteiger partial charge in [0.25, 0.3) is 5.69 Å². The van der Waals surface area contributed by atoms with Crippen molar-refractivity contribution in [3.05, 3.63) is 97.5 Å². The van der Waals surface area contributed by atoms with E-state index in [0.717, 1.165) is 21.0 Å². The Hall–Kier alpha value is -4.02. The highest BCUT2D eigenvalue weighted by Crippen LogP contribution is 2.51. The number of amides is 2. The van der Waals surface area contributed by atoms with Crippen molar-refractivity contribution in [3.63, 3.8) is 0 Å². The largest absolute Gasteiger partial charge is 0.495 e. The van der Waals surface area contributed by atoms with Gasteiger partial charge in [0.05, 0.1) is 29.9 Å². The number of Topliss-reactive ketones (excluding diaryl/α,β-unsaturated/α-hetero) is 1. The van der Waals surface area contributed by atoms with Crippen LogP contribution >= 0.6 is 27.5 Å². The van der Waals surface area contributed by atoms with E-state index in [1.807, 2.05) is 23.1 Å². The molecule has 6 rings (SSSR count). The number of nitrogens with zero attached hydrogens (tertiary/aromatic N) is 3. The molecule has 0 bridgehead atoms. The minimum Gasteiger partial charge on any atom is -0.495 e. The number of halogens is 2. The molecule has 0 unspecified atom stereocenters. The van der Waals surface area contributed by atoms with Crippen LogP contribution in [0.4, 0.5) is 17.1 Å². The number of rotatable bonds is 5. The number of ketones is 1. The molecule has 3 aliphatic rings. The number of imide groups is 1. The van der Waals surface area contributed by atoms with Gasteiger partial charge >= 0.3 is 0 Å². The molecule has 11 heteroatoms. The number of hydrogen-bond acceptors (Lipinski definition) is 7. The van der Waals surface area contributed by atoms with Gasteiger partial charge in [0.15, 0.2) is 5.78 Å². The molecule has 0 saturated carbocycles. The zero-order valence-corrected chi connectivity index (χ0v) is 22.6. The van der Waals surface area contributed by atoms with E-state index in [2.05, 4.69) is 15.9 Å². The van der Waals surface area contributed by atoms with Crippen molar-refractivity contribution < 1.29 is 24.0 Å². The standard InChI is InChI=1S/C28H19BrClN3O6/c1-39-22-11-9-18(33(37)38)13-21(22)32-27(35)23-19-10-5-14-4-8-17(30)12-20(14)31(19)25(24(23)28(32)36)26(34)15-2-6-16(29)7-3-15/h2-13,19,23-25H,1H3/t19-,23+,24+,25-/m0/s1. The van der Waals surface area contributed by atoms with Gasteiger partial charge in [-0.05, 0) is 35.9 Å². The van der Waals surface area contributed by atoms with E-state index >= 15 is 0 Å². The fourth-order valence-corrected chi connectivity index (χ4v) is 6.25. The minimum atomic E-state index is -1.04. The lowest BCUT2D eigenvalue weighted by Crippen LogP contribution is -2.48. The Labute approximate surface area is 235 Å². The summed E-state index contributed by atoms with van der Waals surface area (Å²) >= 11 is 9.71. The van der Waals surface area contributed by atoms with Crippen LogP contribution in [0.3, 0.4) is 0 Å². The second kappa shape index (κ2) is 9.32. The summed E-state index contributed by atoms with van der Waals surface area (Å²) in [5.41, 5.74) is 1.52. The van der Waals surface area contributed by atoms with Crippen molar-refractivity contribution >= 4 is 68.3 Å². The van der Waals surface area contributed by atoms with Gasteiger partial charge in [-0.3, -0.25) is 24.5 Å². The van der Waals surface area contributed by atoms with Crippen molar-refractivity contribution in [2.75, 3.05) is 16.9 Å². The van der Waals surface area contributed by atoms with Crippen LogP contribution in [0.25, 0.3) is 6.08 Å². The van der Waals surface area contributed by atoms with E-state index in [0.29, 0.717) is 16.3 Å². The van der Waals surface area contributed by atoms with Gasteiger partial charge in [-0.2, -0.15) is 0 Å². The Morgan fingerprint density at radius 1 is 1.00 bits per heavy atom. The zero-order valence-electron chi connectivity index (χ0n) is 20.3.